The highest BCUT2D eigenvalue weighted by Crippen LogP contribution is 2.30. The Balaban J connectivity index is 1.45. The number of hydrogen-bond acceptors (Lipinski definition) is 11. The minimum absolute atomic E-state index is 0.00542. The number of fused-ring (bicyclic) bond motifs is 1. The fourth-order valence-corrected chi connectivity index (χ4v) is 4.31. The first-order valence-electron chi connectivity index (χ1n) is 13.0. The predicted molar refractivity (Wildman–Crippen MR) is 148 cm³/mol. The molecule has 2 N–H and O–H groups in total. The lowest BCUT2D eigenvalue weighted by Crippen LogP contribution is -2.42. The molecule has 1 saturated heterocycles. The Hall–Kier alpha value is -4.64. The normalized spacial score (nSPS) is 18.2. The van der Waals surface area contributed by atoms with Crippen molar-refractivity contribution >= 4 is 34.5 Å². The highest BCUT2D eigenvalue weighted by atomic mass is 16.7. The maximum atomic E-state index is 12.6. The summed E-state index contributed by atoms with van der Waals surface area (Å²) in [5.41, 5.74) is 8.00. The molecule has 0 amide bonds. The molecule has 1 aliphatic rings. The second kappa shape index (κ2) is 13.6. The Morgan fingerprint density at radius 2 is 1.85 bits per heavy atom. The largest absolute Gasteiger partial charge is 0.486 e. The number of hydrogen-bond donors (Lipinski definition) is 1. The van der Waals surface area contributed by atoms with Gasteiger partial charge in [0.15, 0.2) is 11.4 Å². The van der Waals surface area contributed by atoms with Gasteiger partial charge in [0.25, 0.3) is 0 Å². The standard InChI is InChI=1S/C30H32N2O9/c1-4-11-36-30(35)29-27(13-21-7-5-6-8-25(21)32-29)38-16-20-9-10-26(24(31)12-20)41-28-15-22(39-19(3)34)14-23(40-28)17-37-18(2)33/h4-10,12-13,22-23,28H,1,11,14-17,31H2,2-3H3. The third-order valence-corrected chi connectivity index (χ3v) is 6.07. The topological polar surface area (TPSA) is 146 Å². The van der Waals surface area contributed by atoms with E-state index in [1.165, 1.54) is 19.9 Å². The van der Waals surface area contributed by atoms with Gasteiger partial charge in [-0.05, 0) is 29.8 Å². The molecule has 11 heteroatoms. The summed E-state index contributed by atoms with van der Waals surface area (Å²) in [5, 5.41) is 0.803. The van der Waals surface area contributed by atoms with Crippen LogP contribution in [0.5, 0.6) is 11.5 Å². The quantitative estimate of drug-likeness (QED) is 0.155. The number of anilines is 1. The summed E-state index contributed by atoms with van der Waals surface area (Å²) in [6, 6.07) is 14.2. The zero-order valence-electron chi connectivity index (χ0n) is 22.9. The zero-order chi connectivity index (χ0) is 29.4. The van der Waals surface area contributed by atoms with Crippen molar-refractivity contribution in [2.45, 2.75) is 51.8 Å². The molecule has 1 aromatic heterocycles. The van der Waals surface area contributed by atoms with Gasteiger partial charge in [0.05, 0.1) is 17.3 Å². The zero-order valence-corrected chi connectivity index (χ0v) is 22.9. The maximum absolute atomic E-state index is 12.6. The van der Waals surface area contributed by atoms with E-state index < -0.39 is 36.4 Å². The second-order valence-corrected chi connectivity index (χ2v) is 9.39. The second-order valence-electron chi connectivity index (χ2n) is 9.39. The third kappa shape index (κ3) is 8.18. The number of aromatic nitrogens is 1. The highest BCUT2D eigenvalue weighted by Gasteiger charge is 2.33. The van der Waals surface area contributed by atoms with E-state index in [0.29, 0.717) is 28.9 Å². The lowest BCUT2D eigenvalue weighted by Gasteiger charge is -2.34. The van der Waals surface area contributed by atoms with Crippen molar-refractivity contribution in [3.05, 3.63) is 72.4 Å². The number of benzene rings is 2. The summed E-state index contributed by atoms with van der Waals surface area (Å²) in [7, 11) is 0. The summed E-state index contributed by atoms with van der Waals surface area (Å²) >= 11 is 0. The molecule has 216 valence electrons. The van der Waals surface area contributed by atoms with Gasteiger partial charge in [0.1, 0.15) is 31.7 Å². The minimum Gasteiger partial charge on any atom is -0.486 e. The molecule has 3 unspecified atom stereocenters. The molecule has 0 spiro atoms. The van der Waals surface area contributed by atoms with Gasteiger partial charge in [-0.15, -0.1) is 0 Å². The molecule has 41 heavy (non-hydrogen) atoms. The van der Waals surface area contributed by atoms with Crippen molar-refractivity contribution in [1.29, 1.82) is 0 Å². The summed E-state index contributed by atoms with van der Waals surface area (Å²) < 4.78 is 33.5. The van der Waals surface area contributed by atoms with E-state index in [-0.39, 0.29) is 37.7 Å². The van der Waals surface area contributed by atoms with Gasteiger partial charge in [-0.1, -0.05) is 36.9 Å². The van der Waals surface area contributed by atoms with Crippen molar-refractivity contribution in [3.8, 4) is 11.5 Å². The molecule has 1 fully saturated rings. The van der Waals surface area contributed by atoms with Crippen LogP contribution in [0.25, 0.3) is 10.9 Å². The minimum atomic E-state index is -0.786. The Kier molecular flexibility index (Phi) is 9.75. The molecule has 11 nitrogen and oxygen atoms in total. The summed E-state index contributed by atoms with van der Waals surface area (Å²) in [6.45, 7) is 6.33. The predicted octanol–water partition coefficient (Wildman–Crippen LogP) is 4.12. The van der Waals surface area contributed by atoms with Crippen LogP contribution in [0, 0.1) is 0 Å². The van der Waals surface area contributed by atoms with Crippen LogP contribution < -0.4 is 15.2 Å². The SMILES string of the molecule is C=CCOC(=O)c1nc2ccccc2cc1OCc1ccc(OC2CC(OC(C)=O)CC(COC(C)=O)O2)c(N)c1. The fraction of sp³-hybridized carbons (Fsp3) is 0.333. The molecule has 3 aromatic rings. The van der Waals surface area contributed by atoms with E-state index in [2.05, 4.69) is 11.6 Å². The van der Waals surface area contributed by atoms with Crippen LogP contribution in [0.4, 0.5) is 5.69 Å². The Morgan fingerprint density at radius 3 is 2.59 bits per heavy atom. The summed E-state index contributed by atoms with van der Waals surface area (Å²) in [4.78, 5) is 39.8. The van der Waals surface area contributed by atoms with Gasteiger partial charge in [-0.25, -0.2) is 9.78 Å². The molecule has 2 heterocycles. The van der Waals surface area contributed by atoms with E-state index in [1.807, 2.05) is 18.2 Å². The van der Waals surface area contributed by atoms with Crippen LogP contribution >= 0.6 is 0 Å². The average Bonchev–Trinajstić information content (AvgIpc) is 2.94. The highest BCUT2D eigenvalue weighted by molar-refractivity contribution is 5.94. The number of ether oxygens (including phenoxy) is 6. The summed E-state index contributed by atoms with van der Waals surface area (Å²) in [5.74, 6) is -0.870. The molecule has 0 saturated carbocycles. The van der Waals surface area contributed by atoms with E-state index in [1.54, 1.807) is 30.3 Å². The average molecular weight is 565 g/mol. The number of carbonyl (C=O) groups excluding carboxylic acids is 3. The number of nitrogens with zero attached hydrogens (tertiary/aromatic N) is 1. The lowest BCUT2D eigenvalue weighted by atomic mass is 10.1. The van der Waals surface area contributed by atoms with Crippen LogP contribution in [0.15, 0.2) is 61.2 Å². The van der Waals surface area contributed by atoms with Crippen LogP contribution in [-0.4, -0.2) is 54.6 Å². The van der Waals surface area contributed by atoms with Gasteiger partial charge in [0.2, 0.25) is 6.29 Å². The number of nitrogens with two attached hydrogens (primary N) is 1. The van der Waals surface area contributed by atoms with Gasteiger partial charge >= 0.3 is 17.9 Å². The van der Waals surface area contributed by atoms with Crippen molar-refractivity contribution in [3.63, 3.8) is 0 Å². The van der Waals surface area contributed by atoms with Gasteiger partial charge in [0, 0.05) is 32.1 Å². The van der Waals surface area contributed by atoms with Crippen molar-refractivity contribution in [2.24, 2.45) is 0 Å². The van der Waals surface area contributed by atoms with Crippen LogP contribution in [0.1, 0.15) is 42.7 Å². The summed E-state index contributed by atoms with van der Waals surface area (Å²) in [6.07, 6.45) is 0.347. The van der Waals surface area contributed by atoms with E-state index >= 15 is 0 Å². The van der Waals surface area contributed by atoms with Crippen molar-refractivity contribution in [1.82, 2.24) is 4.98 Å². The molecule has 4 rings (SSSR count). The maximum Gasteiger partial charge on any atom is 0.361 e. The van der Waals surface area contributed by atoms with Crippen molar-refractivity contribution in [2.75, 3.05) is 18.9 Å². The first kappa shape index (κ1) is 29.3. The van der Waals surface area contributed by atoms with Crippen LogP contribution in [-0.2, 0) is 35.1 Å². The molecule has 1 aliphatic heterocycles. The first-order valence-corrected chi connectivity index (χ1v) is 13.0. The molecular formula is C30H32N2O9. The Bertz CT molecular complexity index is 1420. The molecule has 0 radical (unpaired) electrons. The number of para-hydroxylation sites is 1. The number of esters is 3. The number of pyridine rings is 1. The van der Waals surface area contributed by atoms with Gasteiger partial charge < -0.3 is 34.2 Å². The lowest BCUT2D eigenvalue weighted by molar-refractivity contribution is -0.201. The Morgan fingerprint density at radius 1 is 1.05 bits per heavy atom. The van der Waals surface area contributed by atoms with E-state index in [9.17, 15) is 14.4 Å². The number of carbonyl (C=O) groups is 3. The molecule has 3 atom stereocenters. The smallest absolute Gasteiger partial charge is 0.361 e. The monoisotopic (exact) mass is 564 g/mol. The van der Waals surface area contributed by atoms with Gasteiger partial charge in [-0.3, -0.25) is 9.59 Å². The molecule has 0 aliphatic carbocycles. The third-order valence-electron chi connectivity index (χ3n) is 6.07. The fourth-order valence-electron chi connectivity index (χ4n) is 4.31. The van der Waals surface area contributed by atoms with E-state index in [0.717, 1.165) is 5.39 Å². The Labute approximate surface area is 237 Å². The van der Waals surface area contributed by atoms with E-state index in [4.69, 9.17) is 34.2 Å². The number of nitrogen functional groups attached to an aromatic ring is 1. The molecule has 0 bridgehead atoms. The molecular weight excluding hydrogens is 532 g/mol. The number of rotatable bonds is 11. The van der Waals surface area contributed by atoms with Crippen LogP contribution in [0.3, 0.4) is 0 Å². The van der Waals surface area contributed by atoms with Crippen LogP contribution in [0.2, 0.25) is 0 Å². The van der Waals surface area contributed by atoms with Crippen molar-refractivity contribution < 1.29 is 42.8 Å². The molecule has 2 aromatic carbocycles. The van der Waals surface area contributed by atoms with Gasteiger partial charge in [-0.2, -0.15) is 0 Å². The first-order chi connectivity index (χ1) is 19.7.